The molecule has 0 radical (unpaired) electrons. The van der Waals surface area contributed by atoms with Crippen molar-refractivity contribution in [1.29, 1.82) is 0 Å². The molecular weight excluding hydrogens is 208 g/mol. The Labute approximate surface area is 93.9 Å². The number of hydrogen-bond donors (Lipinski definition) is 0. The summed E-state index contributed by atoms with van der Waals surface area (Å²) in [4.78, 5) is 23.6. The molecule has 3 aliphatic carbocycles. The van der Waals surface area contributed by atoms with Gasteiger partial charge in [-0.1, -0.05) is 18.2 Å². The molecular formula is C12H14O4. The molecule has 0 amide bonds. The Balaban J connectivity index is 2.53. The third-order valence-electron chi connectivity index (χ3n) is 3.27. The molecule has 0 unspecified atom stereocenters. The van der Waals surface area contributed by atoms with Crippen LogP contribution in [0.1, 0.15) is 6.92 Å². The fourth-order valence-corrected chi connectivity index (χ4v) is 2.44. The maximum absolute atomic E-state index is 12.1. The summed E-state index contributed by atoms with van der Waals surface area (Å²) in [6.45, 7) is 1.49. The van der Waals surface area contributed by atoms with Gasteiger partial charge in [-0.15, -0.1) is 0 Å². The summed E-state index contributed by atoms with van der Waals surface area (Å²) in [5.41, 5.74) is 0.593. The average molecular weight is 222 g/mol. The molecule has 0 saturated heterocycles. The van der Waals surface area contributed by atoms with Crippen molar-refractivity contribution in [2.75, 3.05) is 14.2 Å². The molecule has 0 aromatic carbocycles. The van der Waals surface area contributed by atoms with Gasteiger partial charge in [0.25, 0.3) is 0 Å². The standard InChI is InChI=1S/C12H14O4/c1-7(13)9-6-8-4-5-10(9)12(15-2,16-3)11(8)14/h4-6,8,10H,1-3H3/t8-,10-/m1/s1. The van der Waals surface area contributed by atoms with Crippen molar-refractivity contribution in [3.8, 4) is 0 Å². The van der Waals surface area contributed by atoms with Crippen molar-refractivity contribution < 1.29 is 19.1 Å². The predicted octanol–water partition coefficient (Wildman–Crippen LogP) is 0.876. The molecule has 86 valence electrons. The zero-order valence-corrected chi connectivity index (χ0v) is 9.52. The first-order valence-corrected chi connectivity index (χ1v) is 5.12. The Kier molecular flexibility index (Phi) is 2.56. The van der Waals surface area contributed by atoms with Gasteiger partial charge in [-0.2, -0.15) is 0 Å². The second kappa shape index (κ2) is 3.64. The van der Waals surface area contributed by atoms with Gasteiger partial charge in [-0.3, -0.25) is 9.59 Å². The van der Waals surface area contributed by atoms with Crippen molar-refractivity contribution in [3.63, 3.8) is 0 Å². The van der Waals surface area contributed by atoms with Gasteiger partial charge in [0.2, 0.25) is 11.6 Å². The highest BCUT2D eigenvalue weighted by atomic mass is 16.7. The number of allylic oxidation sites excluding steroid dienone is 2. The predicted molar refractivity (Wildman–Crippen MR) is 56.6 cm³/mol. The first-order valence-electron chi connectivity index (χ1n) is 5.12. The minimum Gasteiger partial charge on any atom is -0.346 e. The molecule has 3 aliphatic rings. The van der Waals surface area contributed by atoms with Gasteiger partial charge >= 0.3 is 0 Å². The third kappa shape index (κ3) is 1.23. The fraction of sp³-hybridized carbons (Fsp3) is 0.500. The van der Waals surface area contributed by atoms with Crippen molar-refractivity contribution in [1.82, 2.24) is 0 Å². The minimum absolute atomic E-state index is 0.0506. The van der Waals surface area contributed by atoms with Gasteiger partial charge in [0, 0.05) is 19.8 Å². The van der Waals surface area contributed by atoms with Crippen LogP contribution >= 0.6 is 0 Å². The molecule has 0 aromatic heterocycles. The molecule has 0 aromatic rings. The van der Waals surface area contributed by atoms with Crippen LogP contribution in [0.25, 0.3) is 0 Å². The topological polar surface area (TPSA) is 52.6 Å². The summed E-state index contributed by atoms with van der Waals surface area (Å²) < 4.78 is 10.5. The third-order valence-corrected chi connectivity index (χ3v) is 3.27. The van der Waals surface area contributed by atoms with Crippen LogP contribution in [0.2, 0.25) is 0 Å². The Morgan fingerprint density at radius 3 is 2.44 bits per heavy atom. The molecule has 0 heterocycles. The summed E-state index contributed by atoms with van der Waals surface area (Å²) >= 11 is 0. The van der Waals surface area contributed by atoms with Gasteiger partial charge in [-0.25, -0.2) is 0 Å². The van der Waals surface area contributed by atoms with Gasteiger partial charge < -0.3 is 9.47 Å². The Morgan fingerprint density at radius 1 is 1.31 bits per heavy atom. The summed E-state index contributed by atoms with van der Waals surface area (Å²) in [6, 6.07) is 0. The molecule has 0 spiro atoms. The van der Waals surface area contributed by atoms with E-state index in [1.807, 2.05) is 6.08 Å². The minimum atomic E-state index is -1.32. The molecule has 16 heavy (non-hydrogen) atoms. The summed E-state index contributed by atoms with van der Waals surface area (Å²) in [5.74, 6) is -2.36. The molecule has 0 fully saturated rings. The van der Waals surface area contributed by atoms with E-state index < -0.39 is 17.6 Å². The van der Waals surface area contributed by atoms with E-state index in [9.17, 15) is 9.59 Å². The largest absolute Gasteiger partial charge is 0.346 e. The number of methoxy groups -OCH3 is 2. The van der Waals surface area contributed by atoms with Crippen molar-refractivity contribution in [2.45, 2.75) is 12.7 Å². The average Bonchev–Trinajstić information content (AvgIpc) is 2.30. The van der Waals surface area contributed by atoms with E-state index in [1.54, 1.807) is 12.2 Å². The summed E-state index contributed by atoms with van der Waals surface area (Å²) in [7, 11) is 2.85. The molecule has 3 rings (SSSR count). The molecule has 2 bridgehead atoms. The van der Waals surface area contributed by atoms with Crippen molar-refractivity contribution in [2.24, 2.45) is 11.8 Å². The monoisotopic (exact) mass is 222 g/mol. The quantitative estimate of drug-likeness (QED) is 0.525. The zero-order chi connectivity index (χ0) is 11.9. The Hall–Kier alpha value is -1.26. The number of fused-ring (bicyclic) bond motifs is 1. The first-order chi connectivity index (χ1) is 7.56. The molecule has 4 heteroatoms. The molecule has 4 nitrogen and oxygen atoms in total. The molecule has 0 aliphatic heterocycles. The van der Waals surface area contributed by atoms with Crippen LogP contribution in [0.5, 0.6) is 0 Å². The lowest BCUT2D eigenvalue weighted by atomic mass is 9.70. The highest BCUT2D eigenvalue weighted by molar-refractivity contribution is 6.03. The van der Waals surface area contributed by atoms with Crippen LogP contribution in [-0.2, 0) is 19.1 Å². The zero-order valence-electron chi connectivity index (χ0n) is 9.52. The number of rotatable bonds is 3. The Bertz CT molecular complexity index is 401. The van der Waals surface area contributed by atoms with Crippen LogP contribution in [0.15, 0.2) is 23.8 Å². The van der Waals surface area contributed by atoms with E-state index in [2.05, 4.69) is 0 Å². The van der Waals surface area contributed by atoms with E-state index in [4.69, 9.17) is 9.47 Å². The molecule has 0 N–H and O–H groups in total. The van der Waals surface area contributed by atoms with Crippen molar-refractivity contribution in [3.05, 3.63) is 23.8 Å². The number of hydrogen-bond acceptors (Lipinski definition) is 4. The SMILES string of the molecule is COC1(OC)C(=O)[C@@H]2C=C[C@@H]1C(C(C)=O)=C2. The second-order valence-corrected chi connectivity index (χ2v) is 4.01. The number of carbonyl (C=O) groups excluding carboxylic acids is 2. The number of carbonyl (C=O) groups is 2. The smallest absolute Gasteiger partial charge is 0.240 e. The maximum atomic E-state index is 12.1. The van der Waals surface area contributed by atoms with Gasteiger partial charge in [0.1, 0.15) is 0 Å². The van der Waals surface area contributed by atoms with E-state index in [0.29, 0.717) is 5.57 Å². The lowest BCUT2D eigenvalue weighted by Crippen LogP contribution is -2.56. The first kappa shape index (κ1) is 11.2. The second-order valence-electron chi connectivity index (χ2n) is 4.01. The van der Waals surface area contributed by atoms with E-state index in [-0.39, 0.29) is 11.6 Å². The van der Waals surface area contributed by atoms with Crippen LogP contribution in [-0.4, -0.2) is 31.6 Å². The molecule has 0 saturated carbocycles. The maximum Gasteiger partial charge on any atom is 0.240 e. The van der Waals surface area contributed by atoms with E-state index >= 15 is 0 Å². The lowest BCUT2D eigenvalue weighted by molar-refractivity contribution is -0.224. The van der Waals surface area contributed by atoms with Gasteiger partial charge in [-0.05, 0) is 6.92 Å². The normalized spacial score (nSPS) is 30.4. The number of ether oxygens (including phenoxy) is 2. The molecule has 2 atom stereocenters. The number of Topliss-reactive ketones (excluding diaryl/α,β-unsaturated/α-hetero) is 2. The van der Waals surface area contributed by atoms with Crippen molar-refractivity contribution >= 4 is 11.6 Å². The van der Waals surface area contributed by atoms with E-state index in [1.165, 1.54) is 21.1 Å². The lowest BCUT2D eigenvalue weighted by Gasteiger charge is -2.43. The van der Waals surface area contributed by atoms with Gasteiger partial charge in [0.05, 0.1) is 11.8 Å². The summed E-state index contributed by atoms with van der Waals surface area (Å²) in [5, 5.41) is 0. The Morgan fingerprint density at radius 2 is 1.94 bits per heavy atom. The van der Waals surface area contributed by atoms with Gasteiger partial charge in [0.15, 0.2) is 5.78 Å². The highest BCUT2D eigenvalue weighted by Gasteiger charge is 2.55. The van der Waals surface area contributed by atoms with Crippen LogP contribution in [0.3, 0.4) is 0 Å². The van der Waals surface area contributed by atoms with Crippen LogP contribution < -0.4 is 0 Å². The van der Waals surface area contributed by atoms with E-state index in [0.717, 1.165) is 0 Å². The van der Waals surface area contributed by atoms with Crippen LogP contribution in [0, 0.1) is 11.8 Å². The highest BCUT2D eigenvalue weighted by Crippen LogP contribution is 2.43. The van der Waals surface area contributed by atoms with Crippen LogP contribution in [0.4, 0.5) is 0 Å². The summed E-state index contributed by atoms with van der Waals surface area (Å²) in [6.07, 6.45) is 5.30. The fourth-order valence-electron chi connectivity index (χ4n) is 2.44. The number of ketones is 2.